The van der Waals surface area contributed by atoms with Gasteiger partial charge in [-0.25, -0.2) is 0 Å². The van der Waals surface area contributed by atoms with Crippen LogP contribution in [0.25, 0.3) is 0 Å². The number of nitrogens with one attached hydrogen (secondary N) is 1. The molecule has 3 nitrogen and oxygen atoms in total. The van der Waals surface area contributed by atoms with Crippen molar-refractivity contribution >= 4 is 0 Å². The van der Waals surface area contributed by atoms with Gasteiger partial charge in [0.1, 0.15) is 0 Å². The van der Waals surface area contributed by atoms with Crippen LogP contribution in [0.15, 0.2) is 24.3 Å². The van der Waals surface area contributed by atoms with E-state index < -0.39 is 0 Å². The highest BCUT2D eigenvalue weighted by molar-refractivity contribution is 5.26. The molecule has 1 atom stereocenters. The van der Waals surface area contributed by atoms with Gasteiger partial charge in [0.15, 0.2) is 0 Å². The number of morpholine rings is 1. The zero-order valence-electron chi connectivity index (χ0n) is 13.1. The summed E-state index contributed by atoms with van der Waals surface area (Å²) in [5.74, 6) is 0.605. The highest BCUT2D eigenvalue weighted by Gasteiger charge is 2.10. The second-order valence-corrected chi connectivity index (χ2v) is 5.95. The van der Waals surface area contributed by atoms with Gasteiger partial charge in [0.05, 0.1) is 13.2 Å². The summed E-state index contributed by atoms with van der Waals surface area (Å²) in [6, 6.07) is 9.42. The van der Waals surface area contributed by atoms with Crippen molar-refractivity contribution in [2.24, 2.45) is 0 Å². The van der Waals surface area contributed by atoms with Crippen LogP contribution in [0.1, 0.15) is 43.9 Å². The molecule has 3 heteroatoms. The third-order valence-corrected chi connectivity index (χ3v) is 4.09. The lowest BCUT2D eigenvalue weighted by molar-refractivity contribution is 0.0382. The van der Waals surface area contributed by atoms with Gasteiger partial charge in [0.2, 0.25) is 0 Å². The molecule has 2 rings (SSSR count). The van der Waals surface area contributed by atoms with Crippen LogP contribution in [0, 0.1) is 0 Å². The average molecular weight is 276 g/mol. The molecule has 1 aliphatic rings. The van der Waals surface area contributed by atoms with E-state index in [4.69, 9.17) is 4.74 Å². The minimum absolute atomic E-state index is 0.414. The van der Waals surface area contributed by atoms with Crippen molar-refractivity contribution in [3.8, 4) is 0 Å². The van der Waals surface area contributed by atoms with Crippen molar-refractivity contribution in [1.29, 1.82) is 0 Å². The Morgan fingerprint density at radius 2 is 1.65 bits per heavy atom. The molecule has 112 valence electrons. The highest BCUT2D eigenvalue weighted by Crippen LogP contribution is 2.18. The quantitative estimate of drug-likeness (QED) is 0.864. The van der Waals surface area contributed by atoms with Gasteiger partial charge in [-0.1, -0.05) is 38.1 Å². The average Bonchev–Trinajstić information content (AvgIpc) is 2.48. The maximum atomic E-state index is 5.36. The Labute approximate surface area is 123 Å². The minimum Gasteiger partial charge on any atom is -0.379 e. The summed E-state index contributed by atoms with van der Waals surface area (Å²) < 4.78 is 5.36. The van der Waals surface area contributed by atoms with Crippen LogP contribution in [0.5, 0.6) is 0 Å². The fourth-order valence-corrected chi connectivity index (χ4v) is 2.55. The molecule has 0 spiro atoms. The lowest BCUT2D eigenvalue weighted by Gasteiger charge is -2.27. The molecule has 0 aromatic heterocycles. The van der Waals surface area contributed by atoms with Gasteiger partial charge in [-0.2, -0.15) is 0 Å². The molecule has 0 bridgehead atoms. The fraction of sp³-hybridized carbons (Fsp3) is 0.647. The molecule has 1 heterocycles. The normalized spacial score (nSPS) is 18.4. The van der Waals surface area contributed by atoms with Crippen molar-refractivity contribution in [1.82, 2.24) is 10.2 Å². The van der Waals surface area contributed by atoms with Crippen LogP contribution < -0.4 is 5.32 Å². The van der Waals surface area contributed by atoms with Crippen molar-refractivity contribution in [2.75, 3.05) is 39.4 Å². The molecule has 1 unspecified atom stereocenters. The second kappa shape index (κ2) is 7.77. The summed E-state index contributed by atoms with van der Waals surface area (Å²) in [6.45, 7) is 12.8. The maximum absolute atomic E-state index is 5.36. The Bertz CT molecular complexity index is 382. The first-order valence-electron chi connectivity index (χ1n) is 7.80. The van der Waals surface area contributed by atoms with E-state index in [1.54, 1.807) is 0 Å². The molecular formula is C17H28N2O. The van der Waals surface area contributed by atoms with Crippen LogP contribution >= 0.6 is 0 Å². The SMILES string of the molecule is CC(C)c1ccc(C(C)NCCN2CCOCC2)cc1. The molecule has 1 aromatic carbocycles. The number of benzene rings is 1. The molecule has 0 amide bonds. The topological polar surface area (TPSA) is 24.5 Å². The molecule has 20 heavy (non-hydrogen) atoms. The zero-order valence-corrected chi connectivity index (χ0v) is 13.1. The van der Waals surface area contributed by atoms with Crippen LogP contribution in [0.4, 0.5) is 0 Å². The number of hydrogen-bond donors (Lipinski definition) is 1. The second-order valence-electron chi connectivity index (χ2n) is 5.95. The lowest BCUT2D eigenvalue weighted by atomic mass is 9.99. The van der Waals surface area contributed by atoms with E-state index in [9.17, 15) is 0 Å². The number of ether oxygens (including phenoxy) is 1. The molecule has 1 aliphatic heterocycles. The van der Waals surface area contributed by atoms with E-state index in [2.05, 4.69) is 55.3 Å². The van der Waals surface area contributed by atoms with E-state index in [1.165, 1.54) is 11.1 Å². The molecule has 1 N–H and O–H groups in total. The van der Waals surface area contributed by atoms with E-state index in [-0.39, 0.29) is 0 Å². The summed E-state index contributed by atoms with van der Waals surface area (Å²) >= 11 is 0. The summed E-state index contributed by atoms with van der Waals surface area (Å²) in [5, 5.41) is 3.61. The van der Waals surface area contributed by atoms with E-state index in [0.29, 0.717) is 12.0 Å². The predicted molar refractivity (Wildman–Crippen MR) is 84.2 cm³/mol. The summed E-state index contributed by atoms with van der Waals surface area (Å²) in [4.78, 5) is 2.46. The molecule has 0 aliphatic carbocycles. The third kappa shape index (κ3) is 4.58. The van der Waals surface area contributed by atoms with Gasteiger partial charge in [0, 0.05) is 32.2 Å². The summed E-state index contributed by atoms with van der Waals surface area (Å²) in [7, 11) is 0. The Morgan fingerprint density at radius 3 is 2.25 bits per heavy atom. The van der Waals surface area contributed by atoms with Gasteiger partial charge in [-0.15, -0.1) is 0 Å². The van der Waals surface area contributed by atoms with Crippen molar-refractivity contribution in [2.45, 2.75) is 32.7 Å². The highest BCUT2D eigenvalue weighted by atomic mass is 16.5. The zero-order chi connectivity index (χ0) is 14.4. The van der Waals surface area contributed by atoms with E-state index in [0.717, 1.165) is 39.4 Å². The Hall–Kier alpha value is -0.900. The first kappa shape index (κ1) is 15.5. The number of rotatable bonds is 6. The van der Waals surface area contributed by atoms with Crippen LogP contribution in [0.2, 0.25) is 0 Å². The molecule has 1 aromatic rings. The fourth-order valence-electron chi connectivity index (χ4n) is 2.55. The first-order chi connectivity index (χ1) is 9.66. The van der Waals surface area contributed by atoms with E-state index >= 15 is 0 Å². The van der Waals surface area contributed by atoms with Gasteiger partial charge in [0.25, 0.3) is 0 Å². The van der Waals surface area contributed by atoms with Crippen molar-refractivity contribution in [3.63, 3.8) is 0 Å². The first-order valence-corrected chi connectivity index (χ1v) is 7.80. The molecule has 0 radical (unpaired) electrons. The smallest absolute Gasteiger partial charge is 0.0594 e. The monoisotopic (exact) mass is 276 g/mol. The van der Waals surface area contributed by atoms with Crippen molar-refractivity contribution in [3.05, 3.63) is 35.4 Å². The van der Waals surface area contributed by atoms with Crippen LogP contribution in [0.3, 0.4) is 0 Å². The Balaban J connectivity index is 1.74. The minimum atomic E-state index is 0.414. The number of nitrogens with zero attached hydrogens (tertiary/aromatic N) is 1. The van der Waals surface area contributed by atoms with Crippen LogP contribution in [-0.2, 0) is 4.74 Å². The van der Waals surface area contributed by atoms with Crippen molar-refractivity contribution < 1.29 is 4.74 Å². The van der Waals surface area contributed by atoms with Gasteiger partial charge in [-0.05, 0) is 24.0 Å². The maximum Gasteiger partial charge on any atom is 0.0594 e. The molecule has 1 saturated heterocycles. The lowest BCUT2D eigenvalue weighted by Crippen LogP contribution is -2.40. The van der Waals surface area contributed by atoms with E-state index in [1.807, 2.05) is 0 Å². The molecular weight excluding hydrogens is 248 g/mol. The third-order valence-electron chi connectivity index (χ3n) is 4.09. The molecule has 0 saturated carbocycles. The van der Waals surface area contributed by atoms with Crippen LogP contribution in [-0.4, -0.2) is 44.3 Å². The summed E-state index contributed by atoms with van der Waals surface area (Å²) in [6.07, 6.45) is 0. The predicted octanol–water partition coefficient (Wildman–Crippen LogP) is 2.79. The van der Waals surface area contributed by atoms with Gasteiger partial charge >= 0.3 is 0 Å². The standard InChI is InChI=1S/C17H28N2O/c1-14(2)16-4-6-17(7-5-16)15(3)18-8-9-19-10-12-20-13-11-19/h4-7,14-15,18H,8-13H2,1-3H3. The Morgan fingerprint density at radius 1 is 1.05 bits per heavy atom. The Kier molecular flexibility index (Phi) is 6.02. The molecule has 1 fully saturated rings. The largest absolute Gasteiger partial charge is 0.379 e. The number of hydrogen-bond acceptors (Lipinski definition) is 3. The summed E-state index contributed by atoms with van der Waals surface area (Å²) in [5.41, 5.74) is 2.78. The van der Waals surface area contributed by atoms with Gasteiger partial charge < -0.3 is 10.1 Å². The van der Waals surface area contributed by atoms with Gasteiger partial charge in [-0.3, -0.25) is 4.90 Å².